The molecule has 0 atom stereocenters. The molecule has 2 aromatic rings. The van der Waals surface area contributed by atoms with Gasteiger partial charge in [0.15, 0.2) is 0 Å². The normalized spacial score (nSPS) is 12.2. The van der Waals surface area contributed by atoms with Crippen LogP contribution in [0.5, 0.6) is 0 Å². The molecule has 18 heavy (non-hydrogen) atoms. The van der Waals surface area contributed by atoms with E-state index >= 15 is 0 Å². The zero-order valence-corrected chi connectivity index (χ0v) is 12.3. The van der Waals surface area contributed by atoms with Gasteiger partial charge in [-0.2, -0.15) is 12.6 Å². The number of fused-ring (bicyclic) bond motifs is 1. The van der Waals surface area contributed by atoms with Gasteiger partial charge in [0.1, 0.15) is 0 Å². The molecular weight excluding hydrogens is 240 g/mol. The first-order valence-electron chi connectivity index (χ1n) is 6.42. The van der Waals surface area contributed by atoms with Crippen molar-refractivity contribution in [2.24, 2.45) is 7.05 Å². The van der Waals surface area contributed by atoms with E-state index in [2.05, 4.69) is 73.9 Å². The second-order valence-electron chi connectivity index (χ2n) is 5.46. The summed E-state index contributed by atoms with van der Waals surface area (Å²) in [6.07, 6.45) is 2.26. The summed E-state index contributed by atoms with van der Waals surface area (Å²) in [4.78, 5) is 0. The van der Waals surface area contributed by atoms with Crippen molar-refractivity contribution >= 4 is 23.5 Å². The Morgan fingerprint density at radius 1 is 1.28 bits per heavy atom. The van der Waals surface area contributed by atoms with Crippen LogP contribution in [-0.4, -0.2) is 23.4 Å². The molecule has 0 bridgehead atoms. The van der Waals surface area contributed by atoms with Crippen LogP contribution in [0, 0.1) is 0 Å². The third-order valence-electron chi connectivity index (χ3n) is 3.48. The molecule has 2 nitrogen and oxygen atoms in total. The first kappa shape index (κ1) is 13.5. The van der Waals surface area contributed by atoms with Crippen LogP contribution < -0.4 is 5.32 Å². The average Bonchev–Trinajstić information content (AvgIpc) is 2.69. The van der Waals surface area contributed by atoms with E-state index < -0.39 is 0 Å². The summed E-state index contributed by atoms with van der Waals surface area (Å²) in [6, 6.07) is 8.60. The maximum absolute atomic E-state index is 4.23. The standard InChI is InChI=1S/C15H22N2S/c1-15(2,11-16-8-9-18)13-10-17(3)14-7-5-4-6-12(13)14/h4-7,10,16,18H,8-9,11H2,1-3H3. The lowest BCUT2D eigenvalue weighted by molar-refractivity contribution is 0.481. The summed E-state index contributed by atoms with van der Waals surface area (Å²) < 4.78 is 2.21. The van der Waals surface area contributed by atoms with Gasteiger partial charge in [-0.25, -0.2) is 0 Å². The van der Waals surface area contributed by atoms with Gasteiger partial charge in [-0.15, -0.1) is 0 Å². The molecule has 2 rings (SSSR count). The Bertz CT molecular complexity index is 528. The highest BCUT2D eigenvalue weighted by Crippen LogP contribution is 2.31. The van der Waals surface area contributed by atoms with E-state index in [4.69, 9.17) is 0 Å². The van der Waals surface area contributed by atoms with Gasteiger partial charge >= 0.3 is 0 Å². The van der Waals surface area contributed by atoms with Gasteiger partial charge in [0.2, 0.25) is 0 Å². The molecule has 0 amide bonds. The molecule has 1 aromatic carbocycles. The molecule has 0 aliphatic heterocycles. The number of rotatable bonds is 5. The van der Waals surface area contributed by atoms with E-state index in [0.29, 0.717) is 0 Å². The largest absolute Gasteiger partial charge is 0.350 e. The minimum atomic E-state index is 0.129. The monoisotopic (exact) mass is 262 g/mol. The number of aromatic nitrogens is 1. The van der Waals surface area contributed by atoms with Crippen LogP contribution in [0.15, 0.2) is 30.5 Å². The quantitative estimate of drug-likeness (QED) is 0.626. The van der Waals surface area contributed by atoms with Crippen molar-refractivity contribution in [1.29, 1.82) is 0 Å². The Morgan fingerprint density at radius 2 is 2.00 bits per heavy atom. The van der Waals surface area contributed by atoms with Crippen molar-refractivity contribution in [1.82, 2.24) is 9.88 Å². The van der Waals surface area contributed by atoms with Gasteiger partial charge in [0.25, 0.3) is 0 Å². The maximum Gasteiger partial charge on any atom is 0.0480 e. The summed E-state index contributed by atoms with van der Waals surface area (Å²) in [7, 11) is 2.11. The molecular formula is C15H22N2S. The molecule has 0 radical (unpaired) electrons. The lowest BCUT2D eigenvalue weighted by Gasteiger charge is -2.25. The Labute approximate surface area is 115 Å². The minimum Gasteiger partial charge on any atom is -0.350 e. The van der Waals surface area contributed by atoms with Gasteiger partial charge in [0.05, 0.1) is 0 Å². The lowest BCUT2D eigenvalue weighted by Crippen LogP contribution is -2.33. The van der Waals surface area contributed by atoms with Crippen LogP contribution in [0.1, 0.15) is 19.4 Å². The van der Waals surface area contributed by atoms with E-state index in [9.17, 15) is 0 Å². The fourth-order valence-corrected chi connectivity index (χ4v) is 2.61. The zero-order chi connectivity index (χ0) is 13.2. The third-order valence-corrected chi connectivity index (χ3v) is 3.71. The predicted molar refractivity (Wildman–Crippen MR) is 82.7 cm³/mol. The average molecular weight is 262 g/mol. The van der Waals surface area contributed by atoms with Gasteiger partial charge in [-0.05, 0) is 11.6 Å². The SMILES string of the molecule is Cn1cc(C(C)(C)CNCCS)c2ccccc21. The fraction of sp³-hybridized carbons (Fsp3) is 0.467. The van der Waals surface area contributed by atoms with Crippen molar-refractivity contribution in [2.75, 3.05) is 18.8 Å². The first-order chi connectivity index (χ1) is 8.56. The van der Waals surface area contributed by atoms with Crippen LogP contribution >= 0.6 is 12.6 Å². The zero-order valence-electron chi connectivity index (χ0n) is 11.4. The Balaban J connectivity index is 2.35. The van der Waals surface area contributed by atoms with Gasteiger partial charge in [0, 0.05) is 48.4 Å². The first-order valence-corrected chi connectivity index (χ1v) is 7.05. The van der Waals surface area contributed by atoms with E-state index in [0.717, 1.165) is 18.8 Å². The Morgan fingerprint density at radius 3 is 2.72 bits per heavy atom. The molecule has 1 heterocycles. The molecule has 0 saturated carbocycles. The van der Waals surface area contributed by atoms with Gasteiger partial charge in [-0.1, -0.05) is 32.0 Å². The van der Waals surface area contributed by atoms with Crippen LogP contribution in [-0.2, 0) is 12.5 Å². The number of hydrogen-bond donors (Lipinski definition) is 2. The molecule has 0 fully saturated rings. The van der Waals surface area contributed by atoms with Crippen molar-refractivity contribution in [2.45, 2.75) is 19.3 Å². The Kier molecular flexibility index (Phi) is 4.03. The highest BCUT2D eigenvalue weighted by molar-refractivity contribution is 7.80. The third kappa shape index (κ3) is 2.57. The summed E-state index contributed by atoms with van der Waals surface area (Å²) in [5.74, 6) is 0.881. The second kappa shape index (κ2) is 5.37. The van der Waals surface area contributed by atoms with Crippen molar-refractivity contribution in [3.05, 3.63) is 36.0 Å². The number of nitrogens with zero attached hydrogens (tertiary/aromatic N) is 1. The van der Waals surface area contributed by atoms with Crippen molar-refractivity contribution in [3.8, 4) is 0 Å². The summed E-state index contributed by atoms with van der Waals surface area (Å²) in [5.41, 5.74) is 2.84. The molecule has 98 valence electrons. The van der Waals surface area contributed by atoms with Crippen molar-refractivity contribution in [3.63, 3.8) is 0 Å². The number of benzene rings is 1. The molecule has 1 aromatic heterocycles. The minimum absolute atomic E-state index is 0.129. The maximum atomic E-state index is 4.23. The molecule has 0 spiro atoms. The molecule has 0 saturated heterocycles. The highest BCUT2D eigenvalue weighted by Gasteiger charge is 2.24. The molecule has 3 heteroatoms. The number of thiol groups is 1. The van der Waals surface area contributed by atoms with E-state index in [1.807, 2.05) is 0 Å². The summed E-state index contributed by atoms with van der Waals surface area (Å²) >= 11 is 4.23. The second-order valence-corrected chi connectivity index (χ2v) is 5.90. The van der Waals surface area contributed by atoms with Crippen LogP contribution in [0.3, 0.4) is 0 Å². The van der Waals surface area contributed by atoms with E-state index in [1.54, 1.807) is 0 Å². The topological polar surface area (TPSA) is 17.0 Å². The fourth-order valence-electron chi connectivity index (χ4n) is 2.46. The molecule has 1 N–H and O–H groups in total. The lowest BCUT2D eigenvalue weighted by atomic mass is 9.84. The van der Waals surface area contributed by atoms with E-state index in [1.165, 1.54) is 16.5 Å². The molecule has 0 aliphatic carbocycles. The van der Waals surface area contributed by atoms with Crippen LogP contribution in [0.2, 0.25) is 0 Å². The summed E-state index contributed by atoms with van der Waals surface area (Å²) in [6.45, 7) is 6.51. The Hall–Kier alpha value is -0.930. The number of nitrogens with one attached hydrogen (secondary N) is 1. The summed E-state index contributed by atoms with van der Waals surface area (Å²) in [5, 5.41) is 4.82. The van der Waals surface area contributed by atoms with Crippen molar-refractivity contribution < 1.29 is 0 Å². The molecule has 0 unspecified atom stereocenters. The van der Waals surface area contributed by atoms with Crippen LogP contribution in [0.25, 0.3) is 10.9 Å². The smallest absolute Gasteiger partial charge is 0.0480 e. The predicted octanol–water partition coefficient (Wildman–Crippen LogP) is 2.98. The number of para-hydroxylation sites is 1. The van der Waals surface area contributed by atoms with Gasteiger partial charge in [-0.3, -0.25) is 0 Å². The number of hydrogen-bond acceptors (Lipinski definition) is 2. The van der Waals surface area contributed by atoms with E-state index in [-0.39, 0.29) is 5.41 Å². The number of aryl methyl sites for hydroxylation is 1. The highest BCUT2D eigenvalue weighted by atomic mass is 32.1. The molecule has 0 aliphatic rings. The van der Waals surface area contributed by atoms with Crippen LogP contribution in [0.4, 0.5) is 0 Å². The van der Waals surface area contributed by atoms with Gasteiger partial charge < -0.3 is 9.88 Å².